The predicted molar refractivity (Wildman–Crippen MR) is 94.9 cm³/mol. The van der Waals surface area contributed by atoms with Crippen LogP contribution in [0.1, 0.15) is 50.4 Å². The molecule has 1 aromatic heterocycles. The molecule has 0 saturated heterocycles. The van der Waals surface area contributed by atoms with Gasteiger partial charge in [0.25, 0.3) is 0 Å². The average molecular weight is 332 g/mol. The first-order valence-corrected chi connectivity index (χ1v) is 8.45. The molecule has 126 valence electrons. The lowest BCUT2D eigenvalue weighted by atomic mass is 9.62. The van der Waals surface area contributed by atoms with Gasteiger partial charge >= 0.3 is 0 Å². The van der Waals surface area contributed by atoms with Crippen molar-refractivity contribution in [2.45, 2.75) is 39.0 Å². The van der Waals surface area contributed by atoms with Crippen LogP contribution in [0.5, 0.6) is 0 Å². The summed E-state index contributed by atoms with van der Waals surface area (Å²) in [6.07, 6.45) is 1.29. The largest absolute Gasteiger partial charge is 0.342 e. The van der Waals surface area contributed by atoms with Crippen LogP contribution in [0, 0.1) is 16.7 Å². The number of hydrogen-bond acceptors (Lipinski definition) is 4. The van der Waals surface area contributed by atoms with Crippen molar-refractivity contribution in [1.82, 2.24) is 10.2 Å². The fourth-order valence-corrected chi connectivity index (χ4v) is 4.34. The zero-order valence-corrected chi connectivity index (χ0v) is 14.6. The molecule has 2 aliphatic rings. The van der Waals surface area contributed by atoms with E-state index in [1.807, 2.05) is 37.3 Å². The van der Waals surface area contributed by atoms with Gasteiger partial charge in [0.2, 0.25) is 0 Å². The summed E-state index contributed by atoms with van der Waals surface area (Å²) in [5.74, 6) is 0.785. The number of anilines is 1. The van der Waals surface area contributed by atoms with Crippen LogP contribution in [0.25, 0.3) is 0 Å². The van der Waals surface area contributed by atoms with Crippen molar-refractivity contribution in [1.29, 1.82) is 5.26 Å². The molecule has 1 aliphatic carbocycles. The van der Waals surface area contributed by atoms with Gasteiger partial charge in [0.15, 0.2) is 11.6 Å². The molecule has 1 unspecified atom stereocenters. The molecular formula is C20H20N4O. The van der Waals surface area contributed by atoms with Crippen LogP contribution in [0.3, 0.4) is 0 Å². The Labute approximate surface area is 146 Å². The molecular weight excluding hydrogens is 312 g/mol. The Morgan fingerprint density at radius 2 is 1.88 bits per heavy atom. The quantitative estimate of drug-likeness (QED) is 0.835. The van der Waals surface area contributed by atoms with E-state index >= 15 is 0 Å². The van der Waals surface area contributed by atoms with Crippen molar-refractivity contribution in [2.24, 2.45) is 5.41 Å². The van der Waals surface area contributed by atoms with Crippen LogP contribution in [-0.2, 0) is 10.2 Å². The molecule has 0 radical (unpaired) electrons. The molecule has 5 heteroatoms. The standard InChI is InChI=1S/C20H20N4O/c1-19(2)9-13-16(15(25)10-19)20(3,12-7-5-4-6-8-12)17-14(11-21)23-24-18(17)22-13/h4-8H,9-10H2,1-3H3,(H2,22,23,24). The fourth-order valence-electron chi connectivity index (χ4n) is 4.34. The number of benzene rings is 1. The molecule has 2 aromatic rings. The van der Waals surface area contributed by atoms with E-state index in [4.69, 9.17) is 0 Å². The SMILES string of the molecule is CC1(C)CC(=O)C2=C(C1)Nc1n[nH]c(C#N)c1C2(C)c1ccccc1. The minimum absolute atomic E-state index is 0.0909. The summed E-state index contributed by atoms with van der Waals surface area (Å²) in [4.78, 5) is 13.2. The Bertz CT molecular complexity index is 946. The first-order valence-electron chi connectivity index (χ1n) is 8.45. The first-order chi connectivity index (χ1) is 11.9. The highest BCUT2D eigenvalue weighted by Gasteiger charge is 2.49. The molecule has 0 saturated carbocycles. The summed E-state index contributed by atoms with van der Waals surface area (Å²) in [6, 6.07) is 12.1. The smallest absolute Gasteiger partial charge is 0.162 e. The third-order valence-corrected chi connectivity index (χ3v) is 5.37. The van der Waals surface area contributed by atoms with Crippen LogP contribution in [0.15, 0.2) is 41.6 Å². The van der Waals surface area contributed by atoms with E-state index in [1.165, 1.54) is 0 Å². The van der Waals surface area contributed by atoms with E-state index < -0.39 is 5.41 Å². The number of fused-ring (bicyclic) bond motifs is 1. The minimum atomic E-state index is -0.692. The number of nitrogens with one attached hydrogen (secondary N) is 2. The lowest BCUT2D eigenvalue weighted by Gasteiger charge is -2.43. The second-order valence-electron chi connectivity index (χ2n) is 7.84. The molecule has 0 fully saturated rings. The molecule has 2 heterocycles. The second kappa shape index (κ2) is 5.06. The maximum atomic E-state index is 13.2. The molecule has 4 rings (SSSR count). The predicted octanol–water partition coefficient (Wildman–Crippen LogP) is 3.66. The zero-order valence-electron chi connectivity index (χ0n) is 14.6. The molecule has 1 aromatic carbocycles. The molecule has 0 amide bonds. The number of nitriles is 1. The van der Waals surface area contributed by atoms with Gasteiger partial charge in [-0.05, 0) is 24.3 Å². The van der Waals surface area contributed by atoms with Gasteiger partial charge in [-0.3, -0.25) is 9.89 Å². The van der Waals surface area contributed by atoms with E-state index in [1.54, 1.807) is 0 Å². The zero-order chi connectivity index (χ0) is 17.8. The number of carbonyl (C=O) groups is 1. The lowest BCUT2D eigenvalue weighted by Crippen LogP contribution is -2.42. The van der Waals surface area contributed by atoms with Crippen molar-refractivity contribution >= 4 is 11.6 Å². The maximum absolute atomic E-state index is 13.2. The normalized spacial score (nSPS) is 24.2. The number of allylic oxidation sites excluding steroid dienone is 2. The van der Waals surface area contributed by atoms with Crippen molar-refractivity contribution in [3.05, 3.63) is 58.4 Å². The summed E-state index contributed by atoms with van der Waals surface area (Å²) >= 11 is 0. The van der Waals surface area contributed by atoms with Gasteiger partial charge in [-0.15, -0.1) is 0 Å². The number of Topliss-reactive ketones (excluding diaryl/α,β-unsaturated/α-hetero) is 1. The van der Waals surface area contributed by atoms with E-state index in [0.717, 1.165) is 28.8 Å². The number of nitrogens with zero attached hydrogens (tertiary/aromatic N) is 2. The van der Waals surface area contributed by atoms with Crippen molar-refractivity contribution < 1.29 is 4.79 Å². The van der Waals surface area contributed by atoms with Gasteiger partial charge in [0.05, 0.1) is 5.41 Å². The average Bonchev–Trinajstić information content (AvgIpc) is 2.97. The van der Waals surface area contributed by atoms with Gasteiger partial charge < -0.3 is 5.32 Å². The molecule has 25 heavy (non-hydrogen) atoms. The molecule has 1 atom stereocenters. The second-order valence-corrected chi connectivity index (χ2v) is 7.84. The van der Waals surface area contributed by atoms with E-state index in [-0.39, 0.29) is 11.2 Å². The van der Waals surface area contributed by atoms with E-state index in [9.17, 15) is 10.1 Å². The summed E-state index contributed by atoms with van der Waals surface area (Å²) in [7, 11) is 0. The number of H-pyrrole nitrogens is 1. The Morgan fingerprint density at radius 3 is 2.56 bits per heavy atom. The Hall–Kier alpha value is -2.87. The minimum Gasteiger partial charge on any atom is -0.342 e. The van der Waals surface area contributed by atoms with Crippen LogP contribution in [0.2, 0.25) is 0 Å². The van der Waals surface area contributed by atoms with Gasteiger partial charge in [0.1, 0.15) is 11.8 Å². The summed E-state index contributed by atoms with van der Waals surface area (Å²) in [6.45, 7) is 6.25. The molecule has 1 aliphatic heterocycles. The van der Waals surface area contributed by atoms with Crippen molar-refractivity contribution in [2.75, 3.05) is 5.32 Å². The van der Waals surface area contributed by atoms with Gasteiger partial charge in [-0.2, -0.15) is 10.4 Å². The number of aromatic nitrogens is 2. The van der Waals surface area contributed by atoms with Crippen molar-refractivity contribution in [3.63, 3.8) is 0 Å². The van der Waals surface area contributed by atoms with Crippen LogP contribution in [-0.4, -0.2) is 16.0 Å². The van der Waals surface area contributed by atoms with Gasteiger partial charge in [-0.1, -0.05) is 44.2 Å². The highest BCUT2D eigenvalue weighted by atomic mass is 16.1. The summed E-state index contributed by atoms with van der Waals surface area (Å²) < 4.78 is 0. The van der Waals surface area contributed by atoms with Crippen molar-refractivity contribution in [3.8, 4) is 6.07 Å². The Balaban J connectivity index is 2.04. The van der Waals surface area contributed by atoms with Crippen LogP contribution >= 0.6 is 0 Å². The molecule has 0 bridgehead atoms. The first kappa shape index (κ1) is 15.6. The van der Waals surface area contributed by atoms with Gasteiger partial charge in [0, 0.05) is 23.3 Å². The third-order valence-electron chi connectivity index (χ3n) is 5.37. The topological polar surface area (TPSA) is 81.6 Å². The monoisotopic (exact) mass is 332 g/mol. The number of aromatic amines is 1. The van der Waals surface area contributed by atoms with E-state index in [0.29, 0.717) is 17.9 Å². The summed E-state index contributed by atoms with van der Waals surface area (Å²) in [5.41, 5.74) is 3.07. The van der Waals surface area contributed by atoms with Gasteiger partial charge in [-0.25, -0.2) is 0 Å². The molecule has 5 nitrogen and oxygen atoms in total. The number of rotatable bonds is 1. The maximum Gasteiger partial charge on any atom is 0.162 e. The fraction of sp³-hybridized carbons (Fsp3) is 0.350. The number of ketones is 1. The highest BCUT2D eigenvalue weighted by Crippen LogP contribution is 2.52. The Morgan fingerprint density at radius 1 is 1.16 bits per heavy atom. The van der Waals surface area contributed by atoms with Crippen LogP contribution in [0.4, 0.5) is 5.82 Å². The summed E-state index contributed by atoms with van der Waals surface area (Å²) in [5, 5.41) is 20.0. The van der Waals surface area contributed by atoms with Crippen LogP contribution < -0.4 is 5.32 Å². The molecule has 0 spiro atoms. The highest BCUT2D eigenvalue weighted by molar-refractivity contribution is 6.03. The van der Waals surface area contributed by atoms with E-state index in [2.05, 4.69) is 35.4 Å². The Kier molecular flexibility index (Phi) is 3.17. The third kappa shape index (κ3) is 2.14. The lowest BCUT2D eigenvalue weighted by molar-refractivity contribution is -0.118. The number of hydrogen-bond donors (Lipinski definition) is 2. The number of carbonyl (C=O) groups excluding carboxylic acids is 1. The molecule has 2 N–H and O–H groups in total.